The van der Waals surface area contributed by atoms with E-state index in [-0.39, 0.29) is 0 Å². The summed E-state index contributed by atoms with van der Waals surface area (Å²) in [5.74, 6) is 1.23. The second-order valence-corrected chi connectivity index (χ2v) is 4.51. The van der Waals surface area contributed by atoms with Gasteiger partial charge < -0.3 is 15.8 Å². The second kappa shape index (κ2) is 5.88. The summed E-state index contributed by atoms with van der Waals surface area (Å²) >= 11 is 4.86. The molecule has 0 amide bonds. The first kappa shape index (κ1) is 12.2. The highest BCUT2D eigenvalue weighted by Crippen LogP contribution is 2.15. The Balaban J connectivity index is 1.81. The molecule has 1 aliphatic rings. The second-order valence-electron chi connectivity index (χ2n) is 4.07. The van der Waals surface area contributed by atoms with E-state index < -0.39 is 0 Å². The van der Waals surface area contributed by atoms with Crippen LogP contribution in [-0.2, 0) is 4.74 Å². The maximum absolute atomic E-state index is 5.51. The summed E-state index contributed by atoms with van der Waals surface area (Å²) in [6.45, 7) is 2.60. The van der Waals surface area contributed by atoms with Crippen molar-refractivity contribution >= 4 is 23.2 Å². The quantitative estimate of drug-likeness (QED) is 0.760. The van der Waals surface area contributed by atoms with E-state index in [1.807, 2.05) is 0 Å². The number of hydrogen-bond donors (Lipinski definition) is 2. The molecular formula is C11H16N4OS. The molecular weight excluding hydrogens is 236 g/mol. The Kier molecular flexibility index (Phi) is 4.22. The number of ether oxygens (including phenoxy) is 1. The molecule has 2 heterocycles. The molecule has 1 aromatic rings. The predicted octanol–water partition coefficient (Wildman–Crippen LogP) is 0.949. The minimum atomic E-state index is 0.291. The van der Waals surface area contributed by atoms with E-state index >= 15 is 0 Å². The van der Waals surface area contributed by atoms with Gasteiger partial charge >= 0.3 is 0 Å². The van der Waals surface area contributed by atoms with Crippen molar-refractivity contribution in [3.05, 3.63) is 18.0 Å². The SMILES string of the molecule is NC(=S)c1ccnc(NCCC2CCOC2)n1. The molecule has 1 fully saturated rings. The Morgan fingerprint density at radius 3 is 3.24 bits per heavy atom. The van der Waals surface area contributed by atoms with Gasteiger partial charge in [-0.05, 0) is 24.8 Å². The van der Waals surface area contributed by atoms with Crippen molar-refractivity contribution in [1.29, 1.82) is 0 Å². The van der Waals surface area contributed by atoms with Crippen LogP contribution in [0.2, 0.25) is 0 Å². The minimum Gasteiger partial charge on any atom is -0.388 e. The molecule has 0 radical (unpaired) electrons. The van der Waals surface area contributed by atoms with Gasteiger partial charge in [-0.2, -0.15) is 0 Å². The first-order valence-corrected chi connectivity index (χ1v) is 6.11. The van der Waals surface area contributed by atoms with Gasteiger partial charge in [0.25, 0.3) is 0 Å². The Hall–Kier alpha value is -1.27. The van der Waals surface area contributed by atoms with Gasteiger partial charge in [0.15, 0.2) is 0 Å². The number of nitrogens with two attached hydrogens (primary N) is 1. The van der Waals surface area contributed by atoms with Crippen LogP contribution < -0.4 is 11.1 Å². The van der Waals surface area contributed by atoms with Crippen LogP contribution >= 0.6 is 12.2 Å². The lowest BCUT2D eigenvalue weighted by atomic mass is 10.1. The van der Waals surface area contributed by atoms with Crippen molar-refractivity contribution in [2.24, 2.45) is 11.7 Å². The van der Waals surface area contributed by atoms with E-state index in [0.717, 1.165) is 32.6 Å². The molecule has 92 valence electrons. The van der Waals surface area contributed by atoms with E-state index in [1.54, 1.807) is 12.3 Å². The molecule has 1 aromatic heterocycles. The topological polar surface area (TPSA) is 73.1 Å². The fourth-order valence-electron chi connectivity index (χ4n) is 1.78. The summed E-state index contributed by atoms with van der Waals surface area (Å²) in [5.41, 5.74) is 6.11. The summed E-state index contributed by atoms with van der Waals surface area (Å²) < 4.78 is 5.32. The van der Waals surface area contributed by atoms with Crippen molar-refractivity contribution < 1.29 is 4.74 Å². The van der Waals surface area contributed by atoms with Gasteiger partial charge in [0.1, 0.15) is 10.7 Å². The van der Waals surface area contributed by atoms with Crippen LogP contribution in [0.1, 0.15) is 18.5 Å². The van der Waals surface area contributed by atoms with Gasteiger partial charge in [-0.15, -0.1) is 0 Å². The Bertz CT molecular complexity index is 393. The third kappa shape index (κ3) is 3.61. The van der Waals surface area contributed by atoms with Gasteiger partial charge in [0.2, 0.25) is 5.95 Å². The standard InChI is InChI=1S/C11H16N4OS/c12-10(17)9-2-5-14-11(15-9)13-4-1-8-3-6-16-7-8/h2,5,8H,1,3-4,6-7H2,(H2,12,17)(H,13,14,15). The van der Waals surface area contributed by atoms with Crippen molar-refractivity contribution in [2.45, 2.75) is 12.8 Å². The zero-order chi connectivity index (χ0) is 12.1. The fourth-order valence-corrected chi connectivity index (χ4v) is 1.89. The normalized spacial score (nSPS) is 19.2. The molecule has 17 heavy (non-hydrogen) atoms. The summed E-state index contributed by atoms with van der Waals surface area (Å²) in [6, 6.07) is 1.71. The van der Waals surface area contributed by atoms with Crippen LogP contribution in [0, 0.1) is 5.92 Å². The highest BCUT2D eigenvalue weighted by Gasteiger charge is 2.14. The molecule has 0 aromatic carbocycles. The van der Waals surface area contributed by atoms with Crippen LogP contribution in [0.5, 0.6) is 0 Å². The summed E-state index contributed by atoms with van der Waals surface area (Å²) in [5, 5.41) is 3.17. The molecule has 0 bridgehead atoms. The summed E-state index contributed by atoms with van der Waals surface area (Å²) in [6.07, 6.45) is 3.87. The van der Waals surface area contributed by atoms with Crippen molar-refractivity contribution in [1.82, 2.24) is 9.97 Å². The maximum atomic E-state index is 5.51. The molecule has 2 rings (SSSR count). The molecule has 0 aliphatic carbocycles. The number of thiocarbonyl (C=S) groups is 1. The van der Waals surface area contributed by atoms with E-state index in [2.05, 4.69) is 15.3 Å². The van der Waals surface area contributed by atoms with E-state index in [0.29, 0.717) is 22.5 Å². The van der Waals surface area contributed by atoms with Gasteiger partial charge in [0, 0.05) is 26.0 Å². The minimum absolute atomic E-state index is 0.291. The summed E-state index contributed by atoms with van der Waals surface area (Å²) in [4.78, 5) is 8.63. The maximum Gasteiger partial charge on any atom is 0.223 e. The van der Waals surface area contributed by atoms with Gasteiger partial charge in [-0.25, -0.2) is 9.97 Å². The van der Waals surface area contributed by atoms with Crippen LogP contribution in [-0.4, -0.2) is 34.7 Å². The molecule has 6 heteroatoms. The van der Waals surface area contributed by atoms with E-state index in [9.17, 15) is 0 Å². The fraction of sp³-hybridized carbons (Fsp3) is 0.545. The first-order valence-electron chi connectivity index (χ1n) is 5.70. The smallest absolute Gasteiger partial charge is 0.223 e. The van der Waals surface area contributed by atoms with Gasteiger partial charge in [-0.3, -0.25) is 0 Å². The molecule has 5 nitrogen and oxygen atoms in total. The van der Waals surface area contributed by atoms with E-state index in [4.69, 9.17) is 22.7 Å². The molecule has 1 unspecified atom stereocenters. The van der Waals surface area contributed by atoms with Crippen LogP contribution in [0.4, 0.5) is 5.95 Å². The lowest BCUT2D eigenvalue weighted by Crippen LogP contribution is -2.15. The highest BCUT2D eigenvalue weighted by atomic mass is 32.1. The average Bonchev–Trinajstić information content (AvgIpc) is 2.82. The molecule has 0 saturated carbocycles. The molecule has 1 saturated heterocycles. The third-order valence-corrected chi connectivity index (χ3v) is 2.98. The number of hydrogen-bond acceptors (Lipinski definition) is 5. The van der Waals surface area contributed by atoms with E-state index in [1.165, 1.54) is 0 Å². The molecule has 0 spiro atoms. The zero-order valence-corrected chi connectivity index (χ0v) is 10.4. The number of anilines is 1. The Morgan fingerprint density at radius 2 is 2.53 bits per heavy atom. The number of aromatic nitrogens is 2. The Labute approximate surface area is 106 Å². The van der Waals surface area contributed by atoms with Crippen LogP contribution in [0.25, 0.3) is 0 Å². The van der Waals surface area contributed by atoms with Crippen molar-refractivity contribution in [3.8, 4) is 0 Å². The zero-order valence-electron chi connectivity index (χ0n) is 9.56. The number of rotatable bonds is 5. The van der Waals surface area contributed by atoms with Crippen LogP contribution in [0.3, 0.4) is 0 Å². The lowest BCUT2D eigenvalue weighted by Gasteiger charge is -2.08. The number of nitrogens with one attached hydrogen (secondary N) is 1. The largest absolute Gasteiger partial charge is 0.388 e. The first-order chi connectivity index (χ1) is 8.25. The number of nitrogens with zero attached hydrogens (tertiary/aromatic N) is 2. The summed E-state index contributed by atoms with van der Waals surface area (Å²) in [7, 11) is 0. The van der Waals surface area contributed by atoms with Gasteiger partial charge in [-0.1, -0.05) is 12.2 Å². The molecule has 1 aliphatic heterocycles. The predicted molar refractivity (Wildman–Crippen MR) is 70.0 cm³/mol. The highest BCUT2D eigenvalue weighted by molar-refractivity contribution is 7.80. The average molecular weight is 252 g/mol. The monoisotopic (exact) mass is 252 g/mol. The molecule has 3 N–H and O–H groups in total. The molecule has 1 atom stereocenters. The Morgan fingerprint density at radius 1 is 1.65 bits per heavy atom. The van der Waals surface area contributed by atoms with Crippen LogP contribution in [0.15, 0.2) is 12.3 Å². The van der Waals surface area contributed by atoms with Gasteiger partial charge in [0.05, 0.1) is 0 Å². The van der Waals surface area contributed by atoms with Crippen molar-refractivity contribution in [3.63, 3.8) is 0 Å². The van der Waals surface area contributed by atoms with Crippen molar-refractivity contribution in [2.75, 3.05) is 25.1 Å². The lowest BCUT2D eigenvalue weighted by molar-refractivity contribution is 0.185. The third-order valence-electron chi connectivity index (χ3n) is 2.77.